The van der Waals surface area contributed by atoms with Gasteiger partial charge in [-0.2, -0.15) is 5.10 Å². The van der Waals surface area contributed by atoms with Crippen LogP contribution >= 0.6 is 0 Å². The van der Waals surface area contributed by atoms with Crippen molar-refractivity contribution < 1.29 is 14.3 Å². The number of nitrogens with two attached hydrogens (primary N) is 1. The van der Waals surface area contributed by atoms with Gasteiger partial charge in [0.15, 0.2) is 0 Å². The van der Waals surface area contributed by atoms with Gasteiger partial charge in [-0.3, -0.25) is 14.3 Å². The zero-order valence-electron chi connectivity index (χ0n) is 14.9. The molecule has 3 rings (SSSR count). The summed E-state index contributed by atoms with van der Waals surface area (Å²) in [5.74, 6) is 0.439. The molecule has 26 heavy (non-hydrogen) atoms. The van der Waals surface area contributed by atoms with Crippen LogP contribution in [0, 0.1) is 5.41 Å². The van der Waals surface area contributed by atoms with Crippen molar-refractivity contribution >= 4 is 11.8 Å². The SMILES string of the molecule is COc1cccc(CC2(C(N)=O)CN(C(=O)CCCn3cccn3)C2)c1. The first-order valence-electron chi connectivity index (χ1n) is 8.70. The van der Waals surface area contributed by atoms with Crippen molar-refractivity contribution in [3.63, 3.8) is 0 Å². The minimum Gasteiger partial charge on any atom is -0.497 e. The van der Waals surface area contributed by atoms with E-state index in [2.05, 4.69) is 5.10 Å². The molecule has 1 aliphatic rings. The zero-order valence-corrected chi connectivity index (χ0v) is 14.9. The Kier molecular flexibility index (Phi) is 5.25. The molecule has 7 nitrogen and oxygen atoms in total. The minimum absolute atomic E-state index is 0.0553. The van der Waals surface area contributed by atoms with Gasteiger partial charge in [0.2, 0.25) is 11.8 Å². The van der Waals surface area contributed by atoms with Crippen LogP contribution in [0.1, 0.15) is 18.4 Å². The lowest BCUT2D eigenvalue weighted by atomic mass is 9.74. The van der Waals surface area contributed by atoms with Crippen LogP contribution in [0.5, 0.6) is 5.75 Å². The molecular formula is C19H24N4O3. The number of rotatable bonds is 8. The average molecular weight is 356 g/mol. The molecule has 1 saturated heterocycles. The van der Waals surface area contributed by atoms with Gasteiger partial charge in [-0.1, -0.05) is 12.1 Å². The Hall–Kier alpha value is -2.83. The van der Waals surface area contributed by atoms with Crippen LogP contribution in [0.2, 0.25) is 0 Å². The number of methoxy groups -OCH3 is 1. The van der Waals surface area contributed by atoms with Crippen LogP contribution < -0.4 is 10.5 Å². The zero-order chi connectivity index (χ0) is 18.6. The molecule has 0 radical (unpaired) electrons. The van der Waals surface area contributed by atoms with Gasteiger partial charge >= 0.3 is 0 Å². The van der Waals surface area contributed by atoms with Crippen LogP contribution in [0.4, 0.5) is 0 Å². The molecule has 1 aliphatic heterocycles. The molecule has 1 aromatic heterocycles. The van der Waals surface area contributed by atoms with Crippen molar-refractivity contribution in [1.82, 2.24) is 14.7 Å². The lowest BCUT2D eigenvalue weighted by Gasteiger charge is -2.48. The van der Waals surface area contributed by atoms with Crippen LogP contribution in [-0.4, -0.2) is 46.7 Å². The average Bonchev–Trinajstić information content (AvgIpc) is 3.11. The molecular weight excluding hydrogens is 332 g/mol. The molecule has 0 saturated carbocycles. The fourth-order valence-electron chi connectivity index (χ4n) is 3.37. The number of likely N-dealkylation sites (tertiary alicyclic amines) is 1. The monoisotopic (exact) mass is 356 g/mol. The predicted molar refractivity (Wildman–Crippen MR) is 96.4 cm³/mol. The van der Waals surface area contributed by atoms with E-state index in [1.54, 1.807) is 22.9 Å². The second-order valence-corrected chi connectivity index (χ2v) is 6.80. The fourth-order valence-corrected chi connectivity index (χ4v) is 3.37. The number of benzene rings is 1. The van der Waals surface area contributed by atoms with Gasteiger partial charge in [-0.15, -0.1) is 0 Å². The third-order valence-corrected chi connectivity index (χ3v) is 4.88. The summed E-state index contributed by atoms with van der Waals surface area (Å²) in [7, 11) is 1.61. The van der Waals surface area contributed by atoms with Crippen molar-refractivity contribution in [2.24, 2.45) is 11.1 Å². The maximum absolute atomic E-state index is 12.3. The summed E-state index contributed by atoms with van der Waals surface area (Å²) in [6, 6.07) is 9.45. The van der Waals surface area contributed by atoms with Crippen LogP contribution in [-0.2, 0) is 22.6 Å². The Balaban J connectivity index is 1.54. The van der Waals surface area contributed by atoms with Crippen molar-refractivity contribution in [3.05, 3.63) is 48.3 Å². The molecule has 0 aliphatic carbocycles. The molecule has 1 aromatic carbocycles. The molecule has 1 fully saturated rings. The number of hydrogen-bond donors (Lipinski definition) is 1. The van der Waals surface area contributed by atoms with Gasteiger partial charge in [0.25, 0.3) is 0 Å². The highest BCUT2D eigenvalue weighted by atomic mass is 16.5. The normalized spacial score (nSPS) is 15.3. The summed E-state index contributed by atoms with van der Waals surface area (Å²) in [5, 5.41) is 4.12. The number of carbonyl (C=O) groups excluding carboxylic acids is 2. The second kappa shape index (κ2) is 7.59. The summed E-state index contributed by atoms with van der Waals surface area (Å²) in [6.45, 7) is 1.46. The largest absolute Gasteiger partial charge is 0.497 e. The molecule has 2 heterocycles. The van der Waals surface area contributed by atoms with Gasteiger partial charge in [0.1, 0.15) is 5.75 Å². The number of nitrogens with zero attached hydrogens (tertiary/aromatic N) is 3. The molecule has 138 valence electrons. The van der Waals surface area contributed by atoms with Gasteiger partial charge in [-0.05, 0) is 36.6 Å². The number of hydrogen-bond acceptors (Lipinski definition) is 4. The molecule has 0 bridgehead atoms. The van der Waals surface area contributed by atoms with E-state index in [1.807, 2.05) is 36.5 Å². The predicted octanol–water partition coefficient (Wildman–Crippen LogP) is 1.23. The smallest absolute Gasteiger partial charge is 0.227 e. The quantitative estimate of drug-likeness (QED) is 0.770. The number of primary amides is 1. The molecule has 2 amide bonds. The van der Waals surface area contributed by atoms with Gasteiger partial charge in [0.05, 0.1) is 12.5 Å². The molecule has 2 N–H and O–H groups in total. The van der Waals surface area contributed by atoms with Crippen molar-refractivity contribution in [1.29, 1.82) is 0 Å². The van der Waals surface area contributed by atoms with E-state index < -0.39 is 5.41 Å². The van der Waals surface area contributed by atoms with Crippen molar-refractivity contribution in [2.75, 3.05) is 20.2 Å². The highest BCUT2D eigenvalue weighted by Gasteiger charge is 2.49. The first kappa shape index (κ1) is 18.0. The Bertz CT molecular complexity index is 767. The third-order valence-electron chi connectivity index (χ3n) is 4.88. The number of ether oxygens (including phenoxy) is 1. The summed E-state index contributed by atoms with van der Waals surface area (Å²) in [4.78, 5) is 26.1. The molecule has 0 spiro atoms. The van der Waals surface area contributed by atoms with E-state index in [9.17, 15) is 9.59 Å². The van der Waals surface area contributed by atoms with E-state index in [0.717, 1.165) is 17.7 Å². The van der Waals surface area contributed by atoms with Crippen LogP contribution in [0.15, 0.2) is 42.7 Å². The molecule has 0 atom stereocenters. The summed E-state index contributed by atoms with van der Waals surface area (Å²) in [5.41, 5.74) is 5.95. The topological polar surface area (TPSA) is 90.5 Å². The lowest BCUT2D eigenvalue weighted by Crippen LogP contribution is -2.64. The second-order valence-electron chi connectivity index (χ2n) is 6.80. The Labute approximate surface area is 152 Å². The van der Waals surface area contributed by atoms with Crippen molar-refractivity contribution in [2.45, 2.75) is 25.8 Å². The standard InChI is InChI=1S/C19H24N4O3/c1-26-16-6-2-5-15(11-16)12-19(18(20)25)13-22(14-19)17(24)7-3-9-23-10-4-8-21-23/h2,4-6,8,10-11H,3,7,9,12-14H2,1H3,(H2,20,25). The first-order valence-corrected chi connectivity index (χ1v) is 8.70. The number of aryl methyl sites for hydroxylation is 1. The van der Waals surface area contributed by atoms with Gasteiger partial charge in [-0.25, -0.2) is 0 Å². The Morgan fingerprint density at radius 1 is 1.31 bits per heavy atom. The van der Waals surface area contributed by atoms with E-state index in [-0.39, 0.29) is 11.8 Å². The molecule has 0 unspecified atom stereocenters. The fraction of sp³-hybridized carbons (Fsp3) is 0.421. The van der Waals surface area contributed by atoms with Gasteiger partial charge in [0, 0.05) is 38.4 Å². The number of aromatic nitrogens is 2. The first-order chi connectivity index (χ1) is 12.5. The van der Waals surface area contributed by atoms with Crippen LogP contribution in [0.3, 0.4) is 0 Å². The molecule has 2 aromatic rings. The maximum atomic E-state index is 12.3. The summed E-state index contributed by atoms with van der Waals surface area (Å²) >= 11 is 0. The van der Waals surface area contributed by atoms with E-state index in [1.165, 1.54) is 0 Å². The highest BCUT2D eigenvalue weighted by molar-refractivity contribution is 5.87. The lowest BCUT2D eigenvalue weighted by molar-refractivity contribution is -0.151. The van der Waals surface area contributed by atoms with E-state index in [0.29, 0.717) is 32.5 Å². The third kappa shape index (κ3) is 3.87. The summed E-state index contributed by atoms with van der Waals surface area (Å²) in [6.07, 6.45) is 5.26. The minimum atomic E-state index is -0.690. The Morgan fingerprint density at radius 2 is 2.12 bits per heavy atom. The van der Waals surface area contributed by atoms with Crippen LogP contribution in [0.25, 0.3) is 0 Å². The maximum Gasteiger partial charge on any atom is 0.227 e. The number of carbonyl (C=O) groups is 2. The van der Waals surface area contributed by atoms with E-state index in [4.69, 9.17) is 10.5 Å². The van der Waals surface area contributed by atoms with E-state index >= 15 is 0 Å². The molecule has 7 heteroatoms. The highest BCUT2D eigenvalue weighted by Crippen LogP contribution is 2.35. The summed E-state index contributed by atoms with van der Waals surface area (Å²) < 4.78 is 7.03. The van der Waals surface area contributed by atoms with Crippen molar-refractivity contribution in [3.8, 4) is 5.75 Å². The van der Waals surface area contributed by atoms with Gasteiger partial charge < -0.3 is 15.4 Å². The Morgan fingerprint density at radius 3 is 2.77 bits per heavy atom. The number of amides is 2.